The van der Waals surface area contributed by atoms with E-state index < -0.39 is 0 Å². The fourth-order valence-electron chi connectivity index (χ4n) is 14.5. The minimum Gasteiger partial charge on any atom is -0.311 e. The van der Waals surface area contributed by atoms with E-state index in [1.807, 2.05) is 0 Å². The standard InChI is InChI=1S/C88H98N2/c1-9-13-15-17-21-77-61-88(86-58-56-84(60-66(86)8)90(80-49-41-74(42-50-80)70-33-25-64(6)26-34-70)82-53-45-76(46-54-82)72-37-29-68(20-12-4)30-38-72)78(22-18-16-14-10-2)62-87(77)85-57-55-83(59-65(85)7)89(79-47-39-73(40-48-79)69-31-23-63(5)24-32-69)81-51-43-75(44-52-81)71-35-27-67(19-11-3)28-36-71/h23-41,43-60,62,74,77,87-88H,9-22,42,61H2,1-8H3. The second-order valence-corrected chi connectivity index (χ2v) is 26.4. The molecule has 2 aliphatic rings. The quantitative estimate of drug-likeness (QED) is 0.0394. The van der Waals surface area contributed by atoms with E-state index >= 15 is 0 Å². The SMILES string of the molecule is CCCCCCC1=CC(c2ccc(N(c3ccc(-c4ccc(C)cc4)cc3)c3ccc(-c4ccc(CCC)cc4)cc3)cc2C)C(CCCCCC)CC1c1ccc(N(C2=CCC(c3ccc(C)cc3)C=C2)c2ccc(-c3ccc(CCC)cc3)cc2)cc1C. The molecule has 0 heterocycles. The minimum atomic E-state index is 0.351. The van der Waals surface area contributed by atoms with Gasteiger partial charge in [0.1, 0.15) is 0 Å². The molecule has 2 heteroatoms. The van der Waals surface area contributed by atoms with Gasteiger partial charge in [0.2, 0.25) is 0 Å². The first kappa shape index (κ1) is 63.4. The summed E-state index contributed by atoms with van der Waals surface area (Å²) < 4.78 is 0. The summed E-state index contributed by atoms with van der Waals surface area (Å²) in [6.45, 7) is 18.3. The third kappa shape index (κ3) is 15.3. The van der Waals surface area contributed by atoms with Crippen molar-refractivity contribution in [2.45, 2.75) is 176 Å². The van der Waals surface area contributed by atoms with Crippen LogP contribution in [0.3, 0.4) is 0 Å². The minimum absolute atomic E-state index is 0.351. The van der Waals surface area contributed by atoms with Gasteiger partial charge in [-0.1, -0.05) is 266 Å². The summed E-state index contributed by atoms with van der Waals surface area (Å²) in [6, 6.07) is 79.0. The summed E-state index contributed by atoms with van der Waals surface area (Å²) in [5.74, 6) is 1.62. The Bertz CT molecular complexity index is 3840. The number of unbranched alkanes of at least 4 members (excludes halogenated alkanes) is 6. The summed E-state index contributed by atoms with van der Waals surface area (Å²) in [6.07, 6.45) is 29.3. The van der Waals surface area contributed by atoms with Gasteiger partial charge in [-0.05, 0) is 218 Å². The van der Waals surface area contributed by atoms with Gasteiger partial charge in [-0.3, -0.25) is 0 Å². The molecule has 90 heavy (non-hydrogen) atoms. The van der Waals surface area contributed by atoms with Crippen LogP contribution in [0.5, 0.6) is 0 Å². The van der Waals surface area contributed by atoms with Crippen molar-refractivity contribution in [1.29, 1.82) is 0 Å². The number of hydrogen-bond acceptors (Lipinski definition) is 2. The Kier molecular flexibility index (Phi) is 21.5. The summed E-state index contributed by atoms with van der Waals surface area (Å²) in [5, 5.41) is 0. The molecule has 0 bridgehead atoms. The van der Waals surface area contributed by atoms with Crippen LogP contribution in [0.25, 0.3) is 33.4 Å². The third-order valence-electron chi connectivity index (χ3n) is 19.6. The molecule has 0 spiro atoms. The van der Waals surface area contributed by atoms with Crippen molar-refractivity contribution in [2.24, 2.45) is 5.92 Å². The van der Waals surface area contributed by atoms with E-state index in [2.05, 4.69) is 296 Å². The molecule has 0 aromatic heterocycles. The van der Waals surface area contributed by atoms with E-state index in [1.54, 1.807) is 5.57 Å². The molecule has 0 radical (unpaired) electrons. The highest BCUT2D eigenvalue weighted by Crippen LogP contribution is 2.50. The largest absolute Gasteiger partial charge is 0.311 e. The average Bonchev–Trinajstić information content (AvgIpc) is 0.856. The van der Waals surface area contributed by atoms with E-state index in [-0.39, 0.29) is 0 Å². The van der Waals surface area contributed by atoms with Crippen LogP contribution < -0.4 is 9.80 Å². The predicted octanol–water partition coefficient (Wildman–Crippen LogP) is 25.8. The number of anilines is 5. The molecule has 0 amide bonds. The molecule has 0 saturated heterocycles. The first-order valence-corrected chi connectivity index (χ1v) is 34.6. The fraction of sp³-hybridized carbons (Fsp3) is 0.318. The molecule has 4 unspecified atom stereocenters. The molecule has 0 aliphatic heterocycles. The molecule has 9 aromatic carbocycles. The highest BCUT2D eigenvalue weighted by Gasteiger charge is 2.34. The highest BCUT2D eigenvalue weighted by molar-refractivity contribution is 5.81. The van der Waals surface area contributed by atoms with Crippen LogP contribution in [-0.2, 0) is 12.8 Å². The summed E-state index contributed by atoms with van der Waals surface area (Å²) in [7, 11) is 0. The Hall–Kier alpha value is -8.20. The number of rotatable bonds is 26. The van der Waals surface area contributed by atoms with Gasteiger partial charge in [-0.2, -0.15) is 0 Å². The Balaban J connectivity index is 0.938. The maximum atomic E-state index is 2.81. The van der Waals surface area contributed by atoms with Crippen LogP contribution in [-0.4, -0.2) is 0 Å². The normalized spacial score (nSPS) is 16.4. The molecular formula is C88H98N2. The van der Waals surface area contributed by atoms with Gasteiger partial charge in [0.15, 0.2) is 0 Å². The average molecular weight is 1180 g/mol. The first-order valence-electron chi connectivity index (χ1n) is 34.6. The maximum absolute atomic E-state index is 2.81. The third-order valence-corrected chi connectivity index (χ3v) is 19.6. The molecule has 0 saturated carbocycles. The molecule has 4 atom stereocenters. The second kappa shape index (κ2) is 30.5. The number of hydrogen-bond donors (Lipinski definition) is 0. The van der Waals surface area contributed by atoms with Gasteiger partial charge < -0.3 is 9.80 Å². The van der Waals surface area contributed by atoms with Gasteiger partial charge in [-0.25, -0.2) is 0 Å². The van der Waals surface area contributed by atoms with Gasteiger partial charge in [0.05, 0.1) is 0 Å². The second-order valence-electron chi connectivity index (χ2n) is 26.4. The zero-order chi connectivity index (χ0) is 62.3. The molecule has 2 aliphatic carbocycles. The topological polar surface area (TPSA) is 6.48 Å². The van der Waals surface area contributed by atoms with E-state index in [0.29, 0.717) is 23.7 Å². The molecule has 460 valence electrons. The van der Waals surface area contributed by atoms with Crippen molar-refractivity contribution in [3.05, 3.63) is 292 Å². The van der Waals surface area contributed by atoms with Crippen molar-refractivity contribution >= 4 is 28.4 Å². The van der Waals surface area contributed by atoms with Crippen LogP contribution in [0, 0.1) is 33.6 Å². The molecular weight excluding hydrogens is 1080 g/mol. The Morgan fingerprint density at radius 1 is 0.389 bits per heavy atom. The monoisotopic (exact) mass is 1180 g/mol. The lowest BCUT2D eigenvalue weighted by atomic mass is 9.67. The van der Waals surface area contributed by atoms with Gasteiger partial charge >= 0.3 is 0 Å². The lowest BCUT2D eigenvalue weighted by molar-refractivity contribution is 0.349. The molecule has 2 nitrogen and oxygen atoms in total. The van der Waals surface area contributed by atoms with Crippen molar-refractivity contribution in [3.63, 3.8) is 0 Å². The van der Waals surface area contributed by atoms with E-state index in [9.17, 15) is 0 Å². The fourth-order valence-corrected chi connectivity index (χ4v) is 14.5. The Labute approximate surface area is 542 Å². The van der Waals surface area contributed by atoms with E-state index in [4.69, 9.17) is 0 Å². The highest BCUT2D eigenvalue weighted by atomic mass is 15.1. The Morgan fingerprint density at radius 2 is 0.822 bits per heavy atom. The van der Waals surface area contributed by atoms with Gasteiger partial charge in [0, 0.05) is 51.9 Å². The summed E-state index contributed by atoms with van der Waals surface area (Å²) in [5.41, 5.74) is 28.8. The van der Waals surface area contributed by atoms with Crippen molar-refractivity contribution < 1.29 is 0 Å². The molecule has 11 rings (SSSR count). The molecule has 9 aromatic rings. The lowest BCUT2D eigenvalue weighted by Gasteiger charge is -2.38. The van der Waals surface area contributed by atoms with Crippen LogP contribution in [0.4, 0.5) is 28.4 Å². The number of allylic oxidation sites excluding steroid dienone is 5. The summed E-state index contributed by atoms with van der Waals surface area (Å²) in [4.78, 5) is 4.98. The van der Waals surface area contributed by atoms with Gasteiger partial charge in [0.25, 0.3) is 0 Å². The predicted molar refractivity (Wildman–Crippen MR) is 390 cm³/mol. The Morgan fingerprint density at radius 3 is 1.29 bits per heavy atom. The summed E-state index contributed by atoms with van der Waals surface area (Å²) >= 11 is 0. The van der Waals surface area contributed by atoms with Crippen LogP contribution in [0.1, 0.15) is 185 Å². The van der Waals surface area contributed by atoms with Gasteiger partial charge in [-0.15, -0.1) is 0 Å². The molecule has 0 N–H and O–H groups in total. The van der Waals surface area contributed by atoms with Crippen LogP contribution in [0.15, 0.2) is 242 Å². The lowest BCUT2D eigenvalue weighted by Crippen LogP contribution is -2.24. The number of aryl methyl sites for hydroxylation is 6. The first-order chi connectivity index (χ1) is 44.1. The van der Waals surface area contributed by atoms with E-state index in [0.717, 1.165) is 49.9 Å². The number of nitrogens with zero attached hydrogens (tertiary/aromatic N) is 2. The smallest absolute Gasteiger partial charge is 0.0464 e. The molecule has 0 fully saturated rings. The van der Waals surface area contributed by atoms with Crippen molar-refractivity contribution in [3.8, 4) is 33.4 Å². The van der Waals surface area contributed by atoms with E-state index in [1.165, 1.54) is 170 Å². The van der Waals surface area contributed by atoms with Crippen LogP contribution in [0.2, 0.25) is 0 Å². The van der Waals surface area contributed by atoms with Crippen molar-refractivity contribution in [2.75, 3.05) is 9.80 Å². The zero-order valence-corrected chi connectivity index (χ0v) is 55.5. The maximum Gasteiger partial charge on any atom is 0.0464 e. The van der Waals surface area contributed by atoms with Crippen LogP contribution >= 0.6 is 0 Å². The van der Waals surface area contributed by atoms with Crippen molar-refractivity contribution in [1.82, 2.24) is 0 Å². The number of benzene rings is 9. The zero-order valence-electron chi connectivity index (χ0n) is 55.5.